The Kier molecular flexibility index (Phi) is 3.25. The first kappa shape index (κ1) is 12.8. The second-order valence-electron chi connectivity index (χ2n) is 4.91. The van der Waals surface area contributed by atoms with E-state index < -0.39 is 5.54 Å². The summed E-state index contributed by atoms with van der Waals surface area (Å²) in [6.07, 6.45) is 4.09. The Morgan fingerprint density at radius 1 is 1.45 bits per heavy atom. The predicted octanol–water partition coefficient (Wildman–Crippen LogP) is 0.929. The first-order valence-corrected chi connectivity index (χ1v) is 6.46. The zero-order valence-electron chi connectivity index (χ0n) is 11.0. The fraction of sp³-hybridized carbons (Fsp3) is 0.286. The number of hydrogen-bond donors (Lipinski definition) is 2. The molecule has 0 spiro atoms. The summed E-state index contributed by atoms with van der Waals surface area (Å²) in [6, 6.07) is 9.30. The summed E-state index contributed by atoms with van der Waals surface area (Å²) in [5, 5.41) is 7.00. The van der Waals surface area contributed by atoms with Crippen LogP contribution in [0.3, 0.4) is 0 Å². The van der Waals surface area contributed by atoms with Gasteiger partial charge in [-0.05, 0) is 30.7 Å². The third kappa shape index (κ3) is 2.43. The number of amides is 1. The molecule has 20 heavy (non-hydrogen) atoms. The average Bonchev–Trinajstić information content (AvgIpc) is 3.11. The number of ether oxygens (including phenoxy) is 1. The van der Waals surface area contributed by atoms with Gasteiger partial charge in [0.1, 0.15) is 5.54 Å². The van der Waals surface area contributed by atoms with Gasteiger partial charge in [0.15, 0.2) is 0 Å². The molecule has 3 N–H and O–H groups in total. The Hall–Kier alpha value is -2.18. The number of nitrogens with one attached hydrogen (secondary N) is 1. The van der Waals surface area contributed by atoms with Gasteiger partial charge in [0.25, 0.3) is 0 Å². The summed E-state index contributed by atoms with van der Waals surface area (Å²) in [6.45, 7) is 0.787. The van der Waals surface area contributed by atoms with Crippen LogP contribution in [-0.2, 0) is 9.53 Å². The van der Waals surface area contributed by atoms with Crippen LogP contribution in [0.4, 0.5) is 5.69 Å². The molecule has 2 heterocycles. The van der Waals surface area contributed by atoms with Gasteiger partial charge in [0.05, 0.1) is 12.3 Å². The molecule has 6 heteroatoms. The van der Waals surface area contributed by atoms with Crippen LogP contribution < -0.4 is 11.1 Å². The quantitative estimate of drug-likeness (QED) is 0.870. The SMILES string of the molecule is NC1(C(=O)Nc2cccc(-n3cccn3)c2)CCOC1. The number of nitrogens with two attached hydrogens (primary N) is 1. The van der Waals surface area contributed by atoms with Crippen LogP contribution in [0.2, 0.25) is 0 Å². The normalized spacial score (nSPS) is 21.9. The lowest BCUT2D eigenvalue weighted by Crippen LogP contribution is -2.51. The van der Waals surface area contributed by atoms with E-state index in [1.807, 2.05) is 36.5 Å². The summed E-state index contributed by atoms with van der Waals surface area (Å²) in [4.78, 5) is 12.2. The van der Waals surface area contributed by atoms with E-state index in [2.05, 4.69) is 10.4 Å². The number of rotatable bonds is 3. The molecule has 3 rings (SSSR count). The molecule has 1 aromatic carbocycles. The Labute approximate surface area is 116 Å². The standard InChI is InChI=1S/C14H16N4O2/c15-14(5-8-20-10-14)13(19)17-11-3-1-4-12(9-11)18-7-2-6-16-18/h1-4,6-7,9H,5,8,10,15H2,(H,17,19). The molecule has 0 radical (unpaired) electrons. The molecule has 1 unspecified atom stereocenters. The van der Waals surface area contributed by atoms with Crippen LogP contribution in [0.1, 0.15) is 6.42 Å². The van der Waals surface area contributed by atoms with Crippen molar-refractivity contribution in [3.8, 4) is 5.69 Å². The van der Waals surface area contributed by atoms with Gasteiger partial charge in [-0.15, -0.1) is 0 Å². The maximum Gasteiger partial charge on any atom is 0.246 e. The third-order valence-corrected chi connectivity index (χ3v) is 3.38. The fourth-order valence-electron chi connectivity index (χ4n) is 2.16. The van der Waals surface area contributed by atoms with Crippen molar-refractivity contribution in [1.82, 2.24) is 9.78 Å². The highest BCUT2D eigenvalue weighted by Gasteiger charge is 2.38. The van der Waals surface area contributed by atoms with Gasteiger partial charge in [-0.2, -0.15) is 5.10 Å². The van der Waals surface area contributed by atoms with E-state index in [0.717, 1.165) is 5.69 Å². The molecule has 1 saturated heterocycles. The third-order valence-electron chi connectivity index (χ3n) is 3.38. The van der Waals surface area contributed by atoms with E-state index in [9.17, 15) is 4.79 Å². The van der Waals surface area contributed by atoms with Crippen LogP contribution in [-0.4, -0.2) is 34.4 Å². The number of carbonyl (C=O) groups excluding carboxylic acids is 1. The van der Waals surface area contributed by atoms with E-state index in [-0.39, 0.29) is 12.5 Å². The number of anilines is 1. The number of hydrogen-bond acceptors (Lipinski definition) is 4. The summed E-state index contributed by atoms with van der Waals surface area (Å²) < 4.78 is 6.93. The summed E-state index contributed by atoms with van der Waals surface area (Å²) >= 11 is 0. The van der Waals surface area contributed by atoms with Crippen molar-refractivity contribution in [1.29, 1.82) is 0 Å². The van der Waals surface area contributed by atoms with E-state index in [4.69, 9.17) is 10.5 Å². The molecule has 1 amide bonds. The second-order valence-corrected chi connectivity index (χ2v) is 4.91. The average molecular weight is 272 g/mol. The van der Waals surface area contributed by atoms with Crippen molar-refractivity contribution in [3.05, 3.63) is 42.7 Å². The molecule has 1 fully saturated rings. The molecule has 1 aliphatic heterocycles. The number of aromatic nitrogens is 2. The molecule has 1 aromatic heterocycles. The minimum Gasteiger partial charge on any atom is -0.379 e. The van der Waals surface area contributed by atoms with Gasteiger partial charge < -0.3 is 15.8 Å². The largest absolute Gasteiger partial charge is 0.379 e. The maximum atomic E-state index is 12.2. The van der Waals surface area contributed by atoms with E-state index in [1.54, 1.807) is 10.9 Å². The van der Waals surface area contributed by atoms with Gasteiger partial charge in [-0.3, -0.25) is 4.79 Å². The number of nitrogens with zero attached hydrogens (tertiary/aromatic N) is 2. The van der Waals surface area contributed by atoms with Crippen molar-refractivity contribution < 1.29 is 9.53 Å². The van der Waals surface area contributed by atoms with Crippen molar-refractivity contribution in [2.24, 2.45) is 5.73 Å². The van der Waals surface area contributed by atoms with Gasteiger partial charge in [-0.25, -0.2) is 4.68 Å². The molecule has 0 saturated carbocycles. The van der Waals surface area contributed by atoms with Gasteiger partial charge in [0, 0.05) is 24.7 Å². The Bertz CT molecular complexity index is 603. The van der Waals surface area contributed by atoms with Crippen molar-refractivity contribution >= 4 is 11.6 Å². The highest BCUT2D eigenvalue weighted by atomic mass is 16.5. The first-order chi connectivity index (χ1) is 9.67. The Balaban J connectivity index is 1.78. The van der Waals surface area contributed by atoms with E-state index in [0.29, 0.717) is 18.7 Å². The number of benzene rings is 1. The first-order valence-electron chi connectivity index (χ1n) is 6.46. The van der Waals surface area contributed by atoms with Crippen molar-refractivity contribution in [2.45, 2.75) is 12.0 Å². The minimum absolute atomic E-state index is 0.215. The highest BCUT2D eigenvalue weighted by Crippen LogP contribution is 2.19. The molecule has 6 nitrogen and oxygen atoms in total. The molecule has 1 atom stereocenters. The van der Waals surface area contributed by atoms with Crippen molar-refractivity contribution in [2.75, 3.05) is 18.5 Å². The molecule has 0 aliphatic carbocycles. The summed E-state index contributed by atoms with van der Waals surface area (Å²) in [7, 11) is 0. The van der Waals surface area contributed by atoms with Crippen molar-refractivity contribution in [3.63, 3.8) is 0 Å². The number of carbonyl (C=O) groups is 1. The van der Waals surface area contributed by atoms with E-state index >= 15 is 0 Å². The molecule has 104 valence electrons. The fourth-order valence-corrected chi connectivity index (χ4v) is 2.16. The molecular weight excluding hydrogens is 256 g/mol. The highest BCUT2D eigenvalue weighted by molar-refractivity contribution is 5.98. The van der Waals surface area contributed by atoms with Gasteiger partial charge in [0.2, 0.25) is 5.91 Å². The lowest BCUT2D eigenvalue weighted by atomic mass is 9.99. The zero-order chi connectivity index (χ0) is 14.0. The Morgan fingerprint density at radius 3 is 3.05 bits per heavy atom. The summed E-state index contributed by atoms with van der Waals surface area (Å²) in [5.41, 5.74) is 6.67. The maximum absolute atomic E-state index is 12.2. The molecular formula is C14H16N4O2. The van der Waals surface area contributed by atoms with Crippen LogP contribution in [0.25, 0.3) is 5.69 Å². The molecule has 0 bridgehead atoms. The van der Waals surface area contributed by atoms with Crippen LogP contribution >= 0.6 is 0 Å². The van der Waals surface area contributed by atoms with Crippen LogP contribution in [0.5, 0.6) is 0 Å². The Morgan fingerprint density at radius 2 is 2.35 bits per heavy atom. The molecule has 2 aromatic rings. The topological polar surface area (TPSA) is 82.2 Å². The summed E-state index contributed by atoms with van der Waals surface area (Å²) in [5.74, 6) is -0.215. The molecule has 1 aliphatic rings. The van der Waals surface area contributed by atoms with Crippen LogP contribution in [0.15, 0.2) is 42.7 Å². The van der Waals surface area contributed by atoms with Crippen LogP contribution in [0, 0.1) is 0 Å². The van der Waals surface area contributed by atoms with Gasteiger partial charge in [-0.1, -0.05) is 6.07 Å². The smallest absolute Gasteiger partial charge is 0.246 e. The predicted molar refractivity (Wildman–Crippen MR) is 74.5 cm³/mol. The minimum atomic E-state index is -0.929. The van der Waals surface area contributed by atoms with Gasteiger partial charge >= 0.3 is 0 Å². The monoisotopic (exact) mass is 272 g/mol. The second kappa shape index (κ2) is 5.07. The van der Waals surface area contributed by atoms with E-state index in [1.165, 1.54) is 0 Å². The lowest BCUT2D eigenvalue weighted by molar-refractivity contribution is -0.121. The lowest BCUT2D eigenvalue weighted by Gasteiger charge is -2.20. The zero-order valence-corrected chi connectivity index (χ0v) is 11.0.